The second kappa shape index (κ2) is 7.32. The first kappa shape index (κ1) is 15.6. The molecule has 0 atom stereocenters. The van der Waals surface area contributed by atoms with E-state index < -0.39 is 0 Å². The van der Waals surface area contributed by atoms with Crippen molar-refractivity contribution in [3.05, 3.63) is 60.7 Å². The number of methoxy groups -OCH3 is 1. The number of anilines is 1. The Morgan fingerprint density at radius 3 is 2.54 bits per heavy atom. The maximum atomic E-state index is 12.0. The van der Waals surface area contributed by atoms with E-state index in [1.54, 1.807) is 31.4 Å². The second-order valence-electron chi connectivity index (χ2n) is 4.93. The number of carbonyl (C=O) groups is 1. The third kappa shape index (κ3) is 3.73. The number of para-hydroxylation sites is 2. The van der Waals surface area contributed by atoms with Crippen molar-refractivity contribution < 1.29 is 18.8 Å². The van der Waals surface area contributed by atoms with Crippen LogP contribution in [-0.4, -0.2) is 24.8 Å². The van der Waals surface area contributed by atoms with E-state index in [0.717, 1.165) is 5.56 Å². The van der Waals surface area contributed by atoms with E-state index in [0.29, 0.717) is 17.2 Å². The summed E-state index contributed by atoms with van der Waals surface area (Å²) in [6, 6.07) is 18.3. The van der Waals surface area contributed by atoms with Crippen molar-refractivity contribution in [1.82, 2.24) is 5.16 Å². The molecule has 6 heteroatoms. The van der Waals surface area contributed by atoms with Crippen LogP contribution in [0.2, 0.25) is 0 Å². The zero-order chi connectivity index (χ0) is 16.8. The van der Waals surface area contributed by atoms with Crippen molar-refractivity contribution in [2.45, 2.75) is 0 Å². The Balaban J connectivity index is 1.58. The Bertz CT molecular complexity index is 815. The third-order valence-corrected chi connectivity index (χ3v) is 3.27. The summed E-state index contributed by atoms with van der Waals surface area (Å²) in [6.07, 6.45) is 0. The van der Waals surface area contributed by atoms with Gasteiger partial charge in [-0.25, -0.2) is 0 Å². The Hall–Kier alpha value is -3.28. The van der Waals surface area contributed by atoms with Crippen molar-refractivity contribution in [3.63, 3.8) is 0 Å². The molecule has 1 heterocycles. The Morgan fingerprint density at radius 1 is 1.08 bits per heavy atom. The highest BCUT2D eigenvalue weighted by Gasteiger charge is 2.11. The molecule has 0 saturated carbocycles. The number of rotatable bonds is 6. The fourth-order valence-corrected chi connectivity index (χ4v) is 2.13. The molecule has 0 aliphatic rings. The van der Waals surface area contributed by atoms with Crippen LogP contribution in [-0.2, 0) is 4.79 Å². The topological polar surface area (TPSA) is 73.6 Å². The number of amides is 1. The average molecular weight is 324 g/mol. The van der Waals surface area contributed by atoms with Gasteiger partial charge in [0.2, 0.25) is 5.88 Å². The quantitative estimate of drug-likeness (QED) is 0.752. The van der Waals surface area contributed by atoms with Crippen LogP contribution in [0.1, 0.15) is 0 Å². The molecule has 0 spiro atoms. The Morgan fingerprint density at radius 2 is 1.79 bits per heavy atom. The summed E-state index contributed by atoms with van der Waals surface area (Å²) in [5.41, 5.74) is 1.56. The number of hydrogen-bond donors (Lipinski definition) is 1. The van der Waals surface area contributed by atoms with Gasteiger partial charge >= 0.3 is 0 Å². The van der Waals surface area contributed by atoms with Gasteiger partial charge in [-0.3, -0.25) is 10.1 Å². The lowest BCUT2D eigenvalue weighted by Crippen LogP contribution is -2.20. The molecule has 1 amide bonds. The minimum absolute atomic E-state index is 0.165. The maximum Gasteiger partial charge on any atom is 0.264 e. The minimum atomic E-state index is -0.350. The molecule has 3 aromatic rings. The zero-order valence-corrected chi connectivity index (χ0v) is 13.1. The molecule has 1 N–H and O–H groups in total. The molecular formula is C18H16N2O4. The van der Waals surface area contributed by atoms with Crippen LogP contribution in [0.4, 0.5) is 5.88 Å². The van der Waals surface area contributed by atoms with Gasteiger partial charge in [-0.15, -0.1) is 0 Å². The van der Waals surface area contributed by atoms with E-state index >= 15 is 0 Å². The van der Waals surface area contributed by atoms with Crippen molar-refractivity contribution >= 4 is 11.8 Å². The number of aromatic nitrogens is 1. The van der Waals surface area contributed by atoms with Gasteiger partial charge in [-0.2, -0.15) is 0 Å². The summed E-state index contributed by atoms with van der Waals surface area (Å²) in [4.78, 5) is 12.0. The largest absolute Gasteiger partial charge is 0.493 e. The van der Waals surface area contributed by atoms with E-state index in [9.17, 15) is 4.79 Å². The molecule has 3 rings (SSSR count). The molecule has 122 valence electrons. The molecule has 0 unspecified atom stereocenters. The SMILES string of the molecule is COc1ccccc1OCC(=O)Nc1cc(-c2ccccc2)no1. The van der Waals surface area contributed by atoms with Crippen LogP contribution in [0, 0.1) is 0 Å². The lowest BCUT2D eigenvalue weighted by molar-refractivity contribution is -0.118. The van der Waals surface area contributed by atoms with Crippen LogP contribution in [0.3, 0.4) is 0 Å². The predicted octanol–water partition coefficient (Wildman–Crippen LogP) is 3.37. The van der Waals surface area contributed by atoms with E-state index in [-0.39, 0.29) is 18.4 Å². The molecule has 2 aromatic carbocycles. The summed E-state index contributed by atoms with van der Waals surface area (Å²) in [7, 11) is 1.54. The van der Waals surface area contributed by atoms with Crippen molar-refractivity contribution in [2.24, 2.45) is 0 Å². The van der Waals surface area contributed by atoms with Gasteiger partial charge in [0.25, 0.3) is 5.91 Å². The average Bonchev–Trinajstić information content (AvgIpc) is 3.09. The molecule has 24 heavy (non-hydrogen) atoms. The van der Waals surface area contributed by atoms with Gasteiger partial charge in [0.1, 0.15) is 5.69 Å². The first-order chi connectivity index (χ1) is 11.8. The highest BCUT2D eigenvalue weighted by atomic mass is 16.5. The smallest absolute Gasteiger partial charge is 0.264 e. The fraction of sp³-hybridized carbons (Fsp3) is 0.111. The molecule has 0 aliphatic heterocycles. The third-order valence-electron chi connectivity index (χ3n) is 3.27. The summed E-state index contributed by atoms with van der Waals surface area (Å²) < 4.78 is 15.7. The van der Waals surface area contributed by atoms with Gasteiger partial charge in [-0.1, -0.05) is 47.6 Å². The molecule has 0 fully saturated rings. The summed E-state index contributed by atoms with van der Waals surface area (Å²) >= 11 is 0. The van der Waals surface area contributed by atoms with Crippen LogP contribution < -0.4 is 14.8 Å². The van der Waals surface area contributed by atoms with E-state index in [2.05, 4.69) is 10.5 Å². The first-order valence-corrected chi connectivity index (χ1v) is 7.34. The van der Waals surface area contributed by atoms with Gasteiger partial charge in [0.05, 0.1) is 7.11 Å². The first-order valence-electron chi connectivity index (χ1n) is 7.34. The van der Waals surface area contributed by atoms with E-state index in [1.807, 2.05) is 36.4 Å². The number of benzene rings is 2. The maximum absolute atomic E-state index is 12.0. The molecule has 1 aromatic heterocycles. The summed E-state index contributed by atoms with van der Waals surface area (Å²) in [6.45, 7) is -0.165. The lowest BCUT2D eigenvalue weighted by atomic mass is 10.2. The zero-order valence-electron chi connectivity index (χ0n) is 13.1. The van der Waals surface area contributed by atoms with Gasteiger partial charge in [0.15, 0.2) is 18.1 Å². The van der Waals surface area contributed by atoms with E-state index in [4.69, 9.17) is 14.0 Å². The molecule has 6 nitrogen and oxygen atoms in total. The van der Waals surface area contributed by atoms with Crippen LogP contribution in [0.15, 0.2) is 65.2 Å². The number of hydrogen-bond acceptors (Lipinski definition) is 5. The normalized spacial score (nSPS) is 10.2. The predicted molar refractivity (Wildman–Crippen MR) is 89.1 cm³/mol. The Kier molecular flexibility index (Phi) is 4.76. The van der Waals surface area contributed by atoms with Crippen LogP contribution in [0.25, 0.3) is 11.3 Å². The minimum Gasteiger partial charge on any atom is -0.493 e. The summed E-state index contributed by atoms with van der Waals surface area (Å²) in [5.74, 6) is 0.980. The summed E-state index contributed by atoms with van der Waals surface area (Å²) in [5, 5.41) is 6.54. The monoisotopic (exact) mass is 324 g/mol. The van der Waals surface area contributed by atoms with Gasteiger partial charge in [0, 0.05) is 11.6 Å². The number of nitrogens with one attached hydrogen (secondary N) is 1. The molecular weight excluding hydrogens is 308 g/mol. The number of carbonyl (C=O) groups excluding carboxylic acids is 1. The van der Waals surface area contributed by atoms with E-state index in [1.165, 1.54) is 0 Å². The molecule has 0 radical (unpaired) electrons. The second-order valence-corrected chi connectivity index (χ2v) is 4.93. The highest BCUT2D eigenvalue weighted by Crippen LogP contribution is 2.26. The molecule has 0 aliphatic carbocycles. The number of nitrogens with zero attached hydrogens (tertiary/aromatic N) is 1. The van der Waals surface area contributed by atoms with Crippen molar-refractivity contribution in [3.8, 4) is 22.8 Å². The fourth-order valence-electron chi connectivity index (χ4n) is 2.13. The highest BCUT2D eigenvalue weighted by molar-refractivity contribution is 5.91. The van der Waals surface area contributed by atoms with Crippen LogP contribution in [0.5, 0.6) is 11.5 Å². The van der Waals surface area contributed by atoms with Gasteiger partial charge in [-0.05, 0) is 12.1 Å². The van der Waals surface area contributed by atoms with Crippen molar-refractivity contribution in [1.29, 1.82) is 0 Å². The molecule has 0 saturated heterocycles. The number of ether oxygens (including phenoxy) is 2. The van der Waals surface area contributed by atoms with Crippen LogP contribution >= 0.6 is 0 Å². The lowest BCUT2D eigenvalue weighted by Gasteiger charge is -2.09. The van der Waals surface area contributed by atoms with Gasteiger partial charge < -0.3 is 14.0 Å². The van der Waals surface area contributed by atoms with Crippen molar-refractivity contribution in [2.75, 3.05) is 19.0 Å². The molecule has 0 bridgehead atoms. The Labute approximate surface area is 139 Å². The standard InChI is InChI=1S/C18H16N2O4/c1-22-15-9-5-6-10-16(15)23-12-17(21)19-18-11-14(20-24-18)13-7-3-2-4-8-13/h2-11H,12H2,1H3,(H,19,21).